The first-order chi connectivity index (χ1) is 8.29. The third kappa shape index (κ3) is 4.61. The SMILES string of the molecule is CCc1occc1C(=O)NCCCCCCN. The van der Waals surface area contributed by atoms with Gasteiger partial charge in [-0.1, -0.05) is 19.8 Å². The number of hydrogen-bond acceptors (Lipinski definition) is 3. The normalized spacial score (nSPS) is 10.5. The molecule has 0 radical (unpaired) electrons. The van der Waals surface area contributed by atoms with Gasteiger partial charge in [0, 0.05) is 13.0 Å². The van der Waals surface area contributed by atoms with Gasteiger partial charge in [-0.15, -0.1) is 0 Å². The molecule has 0 aromatic carbocycles. The average molecular weight is 238 g/mol. The molecule has 0 fully saturated rings. The van der Waals surface area contributed by atoms with Crippen LogP contribution in [-0.2, 0) is 6.42 Å². The second-order valence-corrected chi connectivity index (χ2v) is 4.07. The molecule has 0 unspecified atom stereocenters. The minimum Gasteiger partial charge on any atom is -0.469 e. The number of aryl methyl sites for hydroxylation is 1. The van der Waals surface area contributed by atoms with Crippen LogP contribution in [0.2, 0.25) is 0 Å². The summed E-state index contributed by atoms with van der Waals surface area (Å²) in [5.41, 5.74) is 6.07. The summed E-state index contributed by atoms with van der Waals surface area (Å²) in [6.07, 6.45) is 6.63. The van der Waals surface area contributed by atoms with Crippen LogP contribution in [0.15, 0.2) is 16.7 Å². The lowest BCUT2D eigenvalue weighted by atomic mass is 10.2. The van der Waals surface area contributed by atoms with Crippen LogP contribution in [-0.4, -0.2) is 19.0 Å². The number of nitrogens with one attached hydrogen (secondary N) is 1. The average Bonchev–Trinajstić information content (AvgIpc) is 2.81. The number of rotatable bonds is 8. The summed E-state index contributed by atoms with van der Waals surface area (Å²) in [5.74, 6) is 0.722. The van der Waals surface area contributed by atoms with E-state index in [1.807, 2.05) is 6.92 Å². The fourth-order valence-electron chi connectivity index (χ4n) is 1.74. The lowest BCUT2D eigenvalue weighted by molar-refractivity contribution is 0.0951. The molecule has 1 aromatic heterocycles. The molecule has 4 nitrogen and oxygen atoms in total. The maximum Gasteiger partial charge on any atom is 0.254 e. The molecule has 1 rings (SSSR count). The minimum absolute atomic E-state index is 0.0329. The second kappa shape index (κ2) is 7.90. The Balaban J connectivity index is 2.21. The molecule has 0 aliphatic heterocycles. The monoisotopic (exact) mass is 238 g/mol. The van der Waals surface area contributed by atoms with Gasteiger partial charge in [0.25, 0.3) is 5.91 Å². The van der Waals surface area contributed by atoms with Gasteiger partial charge >= 0.3 is 0 Å². The number of furan rings is 1. The van der Waals surface area contributed by atoms with Gasteiger partial charge in [0.1, 0.15) is 5.76 Å². The highest BCUT2D eigenvalue weighted by Gasteiger charge is 2.11. The molecule has 0 bridgehead atoms. The van der Waals surface area contributed by atoms with E-state index in [0.29, 0.717) is 5.56 Å². The van der Waals surface area contributed by atoms with E-state index >= 15 is 0 Å². The highest BCUT2D eigenvalue weighted by atomic mass is 16.3. The summed E-state index contributed by atoms with van der Waals surface area (Å²) in [6, 6.07) is 1.72. The fourth-order valence-corrected chi connectivity index (χ4v) is 1.74. The summed E-state index contributed by atoms with van der Waals surface area (Å²) < 4.78 is 5.22. The van der Waals surface area contributed by atoms with Gasteiger partial charge in [-0.2, -0.15) is 0 Å². The maximum atomic E-state index is 11.8. The molecule has 0 saturated heterocycles. The van der Waals surface area contributed by atoms with Crippen LogP contribution in [0.4, 0.5) is 0 Å². The second-order valence-electron chi connectivity index (χ2n) is 4.07. The van der Waals surface area contributed by atoms with E-state index in [2.05, 4.69) is 5.32 Å². The van der Waals surface area contributed by atoms with Crippen molar-refractivity contribution in [1.82, 2.24) is 5.32 Å². The Hall–Kier alpha value is -1.29. The zero-order chi connectivity index (χ0) is 12.5. The Morgan fingerprint density at radius 3 is 2.82 bits per heavy atom. The largest absolute Gasteiger partial charge is 0.469 e. The lowest BCUT2D eigenvalue weighted by Crippen LogP contribution is -2.24. The zero-order valence-corrected chi connectivity index (χ0v) is 10.5. The van der Waals surface area contributed by atoms with Crippen LogP contribution in [0, 0.1) is 0 Å². The van der Waals surface area contributed by atoms with Crippen molar-refractivity contribution in [1.29, 1.82) is 0 Å². The van der Waals surface area contributed by atoms with Crippen molar-refractivity contribution >= 4 is 5.91 Å². The fraction of sp³-hybridized carbons (Fsp3) is 0.615. The molecule has 0 aliphatic rings. The minimum atomic E-state index is -0.0329. The number of carbonyl (C=O) groups excluding carboxylic acids is 1. The summed E-state index contributed by atoms with van der Waals surface area (Å²) in [4.78, 5) is 11.8. The first-order valence-electron chi connectivity index (χ1n) is 6.34. The topological polar surface area (TPSA) is 68.3 Å². The number of unbranched alkanes of at least 4 members (excludes halogenated alkanes) is 3. The zero-order valence-electron chi connectivity index (χ0n) is 10.5. The summed E-state index contributed by atoms with van der Waals surface area (Å²) in [7, 11) is 0. The van der Waals surface area contributed by atoms with Gasteiger partial charge in [-0.05, 0) is 25.5 Å². The first kappa shape index (κ1) is 13.8. The van der Waals surface area contributed by atoms with E-state index in [-0.39, 0.29) is 5.91 Å². The summed E-state index contributed by atoms with van der Waals surface area (Å²) in [5, 5.41) is 2.91. The Labute approximate surface area is 103 Å². The standard InChI is InChI=1S/C13H22N2O2/c1-2-12-11(7-10-17-12)13(16)15-9-6-4-3-5-8-14/h7,10H,2-6,8-9,14H2,1H3,(H,15,16). The third-order valence-electron chi connectivity index (χ3n) is 2.73. The van der Waals surface area contributed by atoms with Gasteiger partial charge < -0.3 is 15.5 Å². The van der Waals surface area contributed by atoms with E-state index in [1.165, 1.54) is 0 Å². The molecule has 17 heavy (non-hydrogen) atoms. The first-order valence-corrected chi connectivity index (χ1v) is 6.34. The van der Waals surface area contributed by atoms with Crippen LogP contribution in [0.3, 0.4) is 0 Å². The van der Waals surface area contributed by atoms with Crippen LogP contribution in [0.1, 0.15) is 48.7 Å². The molecular weight excluding hydrogens is 216 g/mol. The molecule has 1 aromatic rings. The maximum absolute atomic E-state index is 11.8. The van der Waals surface area contributed by atoms with E-state index < -0.39 is 0 Å². The van der Waals surface area contributed by atoms with Gasteiger partial charge in [0.2, 0.25) is 0 Å². The van der Waals surface area contributed by atoms with Gasteiger partial charge in [-0.3, -0.25) is 4.79 Å². The van der Waals surface area contributed by atoms with E-state index in [9.17, 15) is 4.79 Å². The molecule has 96 valence electrons. The highest BCUT2D eigenvalue weighted by Crippen LogP contribution is 2.10. The van der Waals surface area contributed by atoms with E-state index in [0.717, 1.165) is 51.0 Å². The van der Waals surface area contributed by atoms with Crippen LogP contribution in [0.5, 0.6) is 0 Å². The number of hydrogen-bond donors (Lipinski definition) is 2. The number of nitrogens with two attached hydrogens (primary N) is 1. The molecule has 0 aliphatic carbocycles. The Morgan fingerprint density at radius 1 is 1.35 bits per heavy atom. The molecule has 3 N–H and O–H groups in total. The molecule has 0 atom stereocenters. The van der Waals surface area contributed by atoms with E-state index in [1.54, 1.807) is 12.3 Å². The van der Waals surface area contributed by atoms with Crippen molar-refractivity contribution in [3.8, 4) is 0 Å². The van der Waals surface area contributed by atoms with Crippen molar-refractivity contribution in [3.63, 3.8) is 0 Å². The van der Waals surface area contributed by atoms with Crippen LogP contribution >= 0.6 is 0 Å². The van der Waals surface area contributed by atoms with Gasteiger partial charge in [-0.25, -0.2) is 0 Å². The highest BCUT2D eigenvalue weighted by molar-refractivity contribution is 5.95. The molecule has 0 spiro atoms. The smallest absolute Gasteiger partial charge is 0.254 e. The van der Waals surface area contributed by atoms with Crippen molar-refractivity contribution in [3.05, 3.63) is 23.7 Å². The van der Waals surface area contributed by atoms with Crippen LogP contribution < -0.4 is 11.1 Å². The van der Waals surface area contributed by atoms with Crippen LogP contribution in [0.25, 0.3) is 0 Å². The Morgan fingerprint density at radius 2 is 2.12 bits per heavy atom. The quantitative estimate of drug-likeness (QED) is 0.681. The van der Waals surface area contributed by atoms with Gasteiger partial charge in [0.15, 0.2) is 0 Å². The summed E-state index contributed by atoms with van der Waals surface area (Å²) in [6.45, 7) is 3.45. The van der Waals surface area contributed by atoms with Crippen molar-refractivity contribution < 1.29 is 9.21 Å². The van der Waals surface area contributed by atoms with Crippen molar-refractivity contribution in [2.75, 3.05) is 13.1 Å². The third-order valence-corrected chi connectivity index (χ3v) is 2.73. The molecule has 4 heteroatoms. The molecule has 1 amide bonds. The van der Waals surface area contributed by atoms with Crippen molar-refractivity contribution in [2.45, 2.75) is 39.0 Å². The number of carbonyl (C=O) groups is 1. The van der Waals surface area contributed by atoms with E-state index in [4.69, 9.17) is 10.2 Å². The lowest BCUT2D eigenvalue weighted by Gasteiger charge is -2.04. The molecule has 1 heterocycles. The Bertz CT molecular complexity index is 334. The van der Waals surface area contributed by atoms with Crippen molar-refractivity contribution in [2.24, 2.45) is 5.73 Å². The predicted molar refractivity (Wildman–Crippen MR) is 67.9 cm³/mol. The van der Waals surface area contributed by atoms with Gasteiger partial charge in [0.05, 0.1) is 11.8 Å². The number of amides is 1. The molecular formula is C13H22N2O2. The molecule has 0 saturated carbocycles. The Kier molecular flexibility index (Phi) is 6.40. The predicted octanol–water partition coefficient (Wildman–Crippen LogP) is 2.09. The summed E-state index contributed by atoms with van der Waals surface area (Å²) >= 11 is 0.